The van der Waals surface area contributed by atoms with Gasteiger partial charge < -0.3 is 11.1 Å². The van der Waals surface area contributed by atoms with Crippen molar-refractivity contribution in [3.05, 3.63) is 16.1 Å². The number of hydrogen-bond donors (Lipinski definition) is 2. The molecule has 0 saturated carbocycles. The van der Waals surface area contributed by atoms with Gasteiger partial charge in [-0.3, -0.25) is 4.79 Å². The van der Waals surface area contributed by atoms with Gasteiger partial charge in [-0.2, -0.15) is 0 Å². The van der Waals surface area contributed by atoms with Crippen molar-refractivity contribution in [2.75, 3.05) is 0 Å². The SMILES string of the molecule is CCc1cnc(C(C)NC(=O)[C@@H](N)C(C)CC)s1. The molecule has 0 aliphatic carbocycles. The van der Waals surface area contributed by atoms with Gasteiger partial charge in [0.25, 0.3) is 0 Å². The van der Waals surface area contributed by atoms with E-state index in [9.17, 15) is 4.79 Å². The van der Waals surface area contributed by atoms with Crippen LogP contribution in [0, 0.1) is 5.92 Å². The van der Waals surface area contributed by atoms with Crippen LogP contribution in [0.25, 0.3) is 0 Å². The molecule has 3 N–H and O–H groups in total. The minimum Gasteiger partial charge on any atom is -0.346 e. The summed E-state index contributed by atoms with van der Waals surface area (Å²) < 4.78 is 0. The van der Waals surface area contributed by atoms with Gasteiger partial charge in [-0.15, -0.1) is 11.3 Å². The number of hydrogen-bond acceptors (Lipinski definition) is 4. The number of rotatable bonds is 6. The molecular formula is C13H23N3OS. The van der Waals surface area contributed by atoms with E-state index >= 15 is 0 Å². The van der Waals surface area contributed by atoms with E-state index in [2.05, 4.69) is 17.2 Å². The van der Waals surface area contributed by atoms with E-state index in [1.54, 1.807) is 11.3 Å². The highest BCUT2D eigenvalue weighted by atomic mass is 32.1. The Balaban J connectivity index is 2.58. The van der Waals surface area contributed by atoms with Crippen molar-refractivity contribution in [3.8, 4) is 0 Å². The Labute approximate surface area is 113 Å². The number of aromatic nitrogens is 1. The van der Waals surface area contributed by atoms with Crippen molar-refractivity contribution < 1.29 is 4.79 Å². The van der Waals surface area contributed by atoms with Crippen LogP contribution in [0.1, 0.15) is 50.0 Å². The average molecular weight is 269 g/mol. The molecule has 102 valence electrons. The normalized spacial score (nSPS) is 16.1. The summed E-state index contributed by atoms with van der Waals surface area (Å²) >= 11 is 1.64. The Kier molecular flexibility index (Phi) is 5.75. The van der Waals surface area contributed by atoms with Crippen molar-refractivity contribution in [1.29, 1.82) is 0 Å². The van der Waals surface area contributed by atoms with Crippen LogP contribution in [0.15, 0.2) is 6.20 Å². The lowest BCUT2D eigenvalue weighted by molar-refractivity contribution is -0.124. The summed E-state index contributed by atoms with van der Waals surface area (Å²) in [6, 6.07) is -0.513. The Bertz CT molecular complexity index is 391. The van der Waals surface area contributed by atoms with E-state index in [0.717, 1.165) is 17.8 Å². The fourth-order valence-electron chi connectivity index (χ4n) is 1.57. The molecule has 4 nitrogen and oxygen atoms in total. The molecule has 0 aliphatic rings. The lowest BCUT2D eigenvalue weighted by atomic mass is 9.99. The Hall–Kier alpha value is -0.940. The summed E-state index contributed by atoms with van der Waals surface area (Å²) in [6.45, 7) is 8.07. The highest BCUT2D eigenvalue weighted by Crippen LogP contribution is 2.20. The molecular weight excluding hydrogens is 246 g/mol. The van der Waals surface area contributed by atoms with Crippen molar-refractivity contribution in [2.24, 2.45) is 11.7 Å². The Morgan fingerprint density at radius 1 is 1.50 bits per heavy atom. The summed E-state index contributed by atoms with van der Waals surface area (Å²) in [7, 11) is 0. The first-order valence-electron chi connectivity index (χ1n) is 6.50. The fraction of sp³-hybridized carbons (Fsp3) is 0.692. The molecule has 2 unspecified atom stereocenters. The summed E-state index contributed by atoms with van der Waals surface area (Å²) in [5.74, 6) is 0.102. The standard InChI is InChI=1S/C13H23N3OS/c1-5-8(3)11(14)12(17)16-9(4)13-15-7-10(6-2)18-13/h7-9,11H,5-6,14H2,1-4H3,(H,16,17)/t8?,9?,11-/m0/s1. The van der Waals surface area contributed by atoms with Gasteiger partial charge in [-0.1, -0.05) is 27.2 Å². The molecule has 3 atom stereocenters. The highest BCUT2D eigenvalue weighted by Gasteiger charge is 2.22. The third-order valence-corrected chi connectivity index (χ3v) is 4.53. The zero-order valence-electron chi connectivity index (χ0n) is 11.6. The van der Waals surface area contributed by atoms with E-state index in [1.165, 1.54) is 4.88 Å². The lowest BCUT2D eigenvalue weighted by Crippen LogP contribution is -2.45. The van der Waals surface area contributed by atoms with Gasteiger partial charge in [0.05, 0.1) is 12.1 Å². The third-order valence-electron chi connectivity index (χ3n) is 3.21. The number of amides is 1. The van der Waals surface area contributed by atoms with E-state index in [0.29, 0.717) is 0 Å². The first kappa shape index (κ1) is 15.1. The molecule has 0 aromatic carbocycles. The smallest absolute Gasteiger partial charge is 0.237 e. The summed E-state index contributed by atoms with van der Waals surface area (Å²) in [6.07, 6.45) is 3.75. The zero-order valence-corrected chi connectivity index (χ0v) is 12.4. The van der Waals surface area contributed by atoms with Gasteiger partial charge in [-0.05, 0) is 19.3 Å². The maximum absolute atomic E-state index is 11.9. The van der Waals surface area contributed by atoms with E-state index < -0.39 is 6.04 Å². The lowest BCUT2D eigenvalue weighted by Gasteiger charge is -2.20. The number of thiazole rings is 1. The maximum atomic E-state index is 11.9. The molecule has 1 rings (SSSR count). The number of carbonyl (C=O) groups excluding carboxylic acids is 1. The summed E-state index contributed by atoms with van der Waals surface area (Å²) in [5.41, 5.74) is 5.90. The third kappa shape index (κ3) is 3.78. The van der Waals surface area contributed by atoms with Gasteiger partial charge >= 0.3 is 0 Å². The second kappa shape index (κ2) is 6.85. The zero-order chi connectivity index (χ0) is 13.7. The minimum atomic E-state index is -0.442. The predicted octanol–water partition coefficient (Wildman–Crippen LogP) is 2.26. The van der Waals surface area contributed by atoms with Crippen LogP contribution < -0.4 is 11.1 Å². The maximum Gasteiger partial charge on any atom is 0.237 e. The van der Waals surface area contributed by atoms with Gasteiger partial charge in [0.1, 0.15) is 5.01 Å². The van der Waals surface area contributed by atoms with Crippen LogP contribution in [0.5, 0.6) is 0 Å². The van der Waals surface area contributed by atoms with E-state index in [-0.39, 0.29) is 17.9 Å². The molecule has 1 aromatic rings. The Morgan fingerprint density at radius 2 is 2.17 bits per heavy atom. The van der Waals surface area contributed by atoms with Gasteiger partial charge in [0, 0.05) is 11.1 Å². The van der Waals surface area contributed by atoms with Gasteiger partial charge in [0.2, 0.25) is 5.91 Å². The second-order valence-electron chi connectivity index (χ2n) is 4.66. The van der Waals surface area contributed by atoms with Crippen LogP contribution in [-0.2, 0) is 11.2 Å². The number of nitrogens with zero attached hydrogens (tertiary/aromatic N) is 1. The number of nitrogens with two attached hydrogens (primary N) is 1. The average Bonchev–Trinajstić information content (AvgIpc) is 2.85. The van der Waals surface area contributed by atoms with Crippen molar-refractivity contribution >= 4 is 17.2 Å². The largest absolute Gasteiger partial charge is 0.346 e. The number of aryl methyl sites for hydroxylation is 1. The van der Waals surface area contributed by atoms with Gasteiger partial charge in [-0.25, -0.2) is 4.98 Å². The van der Waals surface area contributed by atoms with E-state index in [4.69, 9.17) is 5.73 Å². The second-order valence-corrected chi connectivity index (χ2v) is 5.81. The molecule has 18 heavy (non-hydrogen) atoms. The number of nitrogens with one attached hydrogen (secondary N) is 1. The first-order chi connectivity index (χ1) is 8.49. The molecule has 0 radical (unpaired) electrons. The van der Waals surface area contributed by atoms with Gasteiger partial charge in [0.15, 0.2) is 0 Å². The minimum absolute atomic E-state index is 0.0714. The predicted molar refractivity (Wildman–Crippen MR) is 75.5 cm³/mol. The monoisotopic (exact) mass is 269 g/mol. The van der Waals surface area contributed by atoms with Crippen molar-refractivity contribution in [2.45, 2.75) is 52.6 Å². The summed E-state index contributed by atoms with van der Waals surface area (Å²) in [4.78, 5) is 17.5. The van der Waals surface area contributed by atoms with Crippen LogP contribution >= 0.6 is 11.3 Å². The molecule has 0 spiro atoms. The molecule has 5 heteroatoms. The molecule has 0 aliphatic heterocycles. The topological polar surface area (TPSA) is 68.0 Å². The van der Waals surface area contributed by atoms with Crippen molar-refractivity contribution in [3.63, 3.8) is 0 Å². The van der Waals surface area contributed by atoms with Crippen LogP contribution in [0.4, 0.5) is 0 Å². The van der Waals surface area contributed by atoms with Crippen molar-refractivity contribution in [1.82, 2.24) is 10.3 Å². The first-order valence-corrected chi connectivity index (χ1v) is 7.31. The van der Waals surface area contributed by atoms with Crippen LogP contribution in [0.3, 0.4) is 0 Å². The molecule has 0 saturated heterocycles. The Morgan fingerprint density at radius 3 is 2.67 bits per heavy atom. The molecule has 0 fully saturated rings. The van der Waals surface area contributed by atoms with Crippen LogP contribution in [-0.4, -0.2) is 16.9 Å². The quantitative estimate of drug-likeness (QED) is 0.832. The fourth-order valence-corrected chi connectivity index (χ4v) is 2.43. The highest BCUT2D eigenvalue weighted by molar-refractivity contribution is 7.11. The number of carbonyl (C=O) groups is 1. The molecule has 1 heterocycles. The summed E-state index contributed by atoms with van der Waals surface area (Å²) in [5, 5.41) is 3.87. The molecule has 1 amide bonds. The molecule has 1 aromatic heterocycles. The van der Waals surface area contributed by atoms with E-state index in [1.807, 2.05) is 27.0 Å². The molecule has 0 bridgehead atoms. The van der Waals surface area contributed by atoms with Crippen LogP contribution in [0.2, 0.25) is 0 Å².